The first-order valence-corrected chi connectivity index (χ1v) is 17.8. The Labute approximate surface area is 291 Å². The zero-order valence-corrected chi connectivity index (χ0v) is 29.2. The summed E-state index contributed by atoms with van der Waals surface area (Å²) < 4.78 is 16.9. The molecule has 0 aromatic carbocycles. The molecule has 1 aromatic rings. The number of carbonyl (C=O) groups is 4. The number of amides is 1. The number of hydrogen-bond acceptors (Lipinski definition) is 10. The molecule has 1 heterocycles. The molecule has 4 fully saturated rings. The van der Waals surface area contributed by atoms with Gasteiger partial charge in [-0.2, -0.15) is 0 Å². The van der Waals surface area contributed by atoms with E-state index in [1.165, 1.54) is 19.3 Å². The number of nitrogens with two attached hydrogens (primary N) is 2. The second-order valence-electron chi connectivity index (χ2n) is 15.4. The van der Waals surface area contributed by atoms with E-state index in [-0.39, 0.29) is 67.0 Å². The number of aliphatic hydroxyl groups is 1. The molecule has 1 aromatic heterocycles. The van der Waals surface area contributed by atoms with E-state index < -0.39 is 52.6 Å². The number of nitrogens with one attached hydrogen (secondary N) is 1. The van der Waals surface area contributed by atoms with Gasteiger partial charge in [-0.25, -0.2) is 9.59 Å². The summed E-state index contributed by atoms with van der Waals surface area (Å²) in [6.07, 6.45) is 6.53. The van der Waals surface area contributed by atoms with Crippen molar-refractivity contribution in [2.75, 3.05) is 6.54 Å². The molecule has 0 radical (unpaired) electrons. The fourth-order valence-electron chi connectivity index (χ4n) is 10.2. The van der Waals surface area contributed by atoms with E-state index in [2.05, 4.69) is 24.2 Å². The Hall–Kier alpha value is -3.94. The molecule has 4 saturated carbocycles. The third-order valence-corrected chi connectivity index (χ3v) is 12.6. The Morgan fingerprint density at radius 3 is 2.48 bits per heavy atom. The second kappa shape index (κ2) is 14.7. The number of aliphatic carboxylic acids is 1. The van der Waals surface area contributed by atoms with Crippen LogP contribution in [-0.2, 0) is 28.7 Å². The average Bonchev–Trinajstić information content (AvgIpc) is 3.27. The lowest BCUT2D eigenvalue weighted by Crippen LogP contribution is -2.62. The summed E-state index contributed by atoms with van der Waals surface area (Å²) in [5.74, 6) is -2.54. The summed E-state index contributed by atoms with van der Waals surface area (Å²) in [4.78, 5) is 64.6. The summed E-state index contributed by atoms with van der Waals surface area (Å²) >= 11 is 0. The zero-order chi connectivity index (χ0) is 36.4. The summed E-state index contributed by atoms with van der Waals surface area (Å²) in [6, 6.07) is 1.97. The lowest BCUT2D eigenvalue weighted by atomic mass is 9.43. The second-order valence-corrected chi connectivity index (χ2v) is 15.4. The molecule has 7 N–H and O–H groups in total. The number of fused-ring (bicyclic) bond motifs is 5. The lowest BCUT2D eigenvalue weighted by Gasteiger charge is -2.63. The predicted octanol–water partition coefficient (Wildman–Crippen LogP) is 2.74. The number of carboxylic acids is 1. The lowest BCUT2D eigenvalue weighted by molar-refractivity contribution is -0.207. The average molecular weight is 701 g/mol. The third-order valence-electron chi connectivity index (χ3n) is 12.6. The van der Waals surface area contributed by atoms with E-state index in [0.29, 0.717) is 32.1 Å². The monoisotopic (exact) mass is 700 g/mol. The minimum absolute atomic E-state index is 0.0138. The van der Waals surface area contributed by atoms with Crippen LogP contribution in [0.2, 0.25) is 0 Å². The van der Waals surface area contributed by atoms with Gasteiger partial charge in [0.15, 0.2) is 5.96 Å². The highest BCUT2D eigenvalue weighted by molar-refractivity contribution is 5.85. The molecule has 0 saturated heterocycles. The first kappa shape index (κ1) is 37.3. The maximum atomic E-state index is 12.8. The van der Waals surface area contributed by atoms with Gasteiger partial charge in [-0.15, -0.1) is 0 Å². The Balaban J connectivity index is 1.18. The van der Waals surface area contributed by atoms with Crippen LogP contribution in [0, 0.1) is 28.6 Å². The fourth-order valence-corrected chi connectivity index (χ4v) is 10.2. The Kier molecular flexibility index (Phi) is 11.0. The Bertz CT molecular complexity index is 1520. The molecule has 4 aliphatic rings. The number of rotatable bonds is 12. The maximum Gasteiger partial charge on any atom is 0.335 e. The van der Waals surface area contributed by atoms with E-state index in [9.17, 15) is 34.2 Å². The molecule has 1 amide bonds. The van der Waals surface area contributed by atoms with Crippen molar-refractivity contribution in [2.45, 2.75) is 128 Å². The van der Waals surface area contributed by atoms with Crippen LogP contribution >= 0.6 is 0 Å². The molecular weight excluding hydrogens is 648 g/mol. The molecule has 10 atom stereocenters. The van der Waals surface area contributed by atoms with E-state index >= 15 is 0 Å². The molecule has 276 valence electrons. The van der Waals surface area contributed by atoms with Gasteiger partial charge < -0.3 is 40.9 Å². The topological polar surface area (TPSA) is 234 Å². The van der Waals surface area contributed by atoms with Crippen LogP contribution in [0.25, 0.3) is 0 Å². The van der Waals surface area contributed by atoms with Crippen molar-refractivity contribution >= 4 is 29.8 Å². The first-order valence-electron chi connectivity index (χ1n) is 17.8. The van der Waals surface area contributed by atoms with Gasteiger partial charge in [0.25, 0.3) is 0 Å². The number of carboxylic acid groups (broad SMARTS) is 1. The molecule has 0 spiro atoms. The van der Waals surface area contributed by atoms with Gasteiger partial charge in [0, 0.05) is 43.7 Å². The Morgan fingerprint density at radius 1 is 1.06 bits per heavy atom. The molecule has 14 heteroatoms. The minimum atomic E-state index is -1.18. The molecular formula is C36H52N4O10. The smallest absolute Gasteiger partial charge is 0.335 e. The SMILES string of the molecule is CC(=O)O[C@H]1C[C@]2(O)[C@@H]3CC[C@@H]4C[C@H](OC(=O)CCC(=O)N[C@H](CCCN=C(N)N)C(=O)O)CC[C@@]4(C)[C@H]3CC[C@]2(C)[C@H]1c1ccc(=O)oc1. The molecule has 0 unspecified atom stereocenters. The van der Waals surface area contributed by atoms with Crippen molar-refractivity contribution in [1.29, 1.82) is 0 Å². The van der Waals surface area contributed by atoms with Gasteiger partial charge in [0.1, 0.15) is 18.2 Å². The summed E-state index contributed by atoms with van der Waals surface area (Å²) in [7, 11) is 0. The van der Waals surface area contributed by atoms with Gasteiger partial charge in [-0.1, -0.05) is 13.8 Å². The minimum Gasteiger partial charge on any atom is -0.480 e. The highest BCUT2D eigenvalue weighted by atomic mass is 16.5. The predicted molar refractivity (Wildman–Crippen MR) is 180 cm³/mol. The summed E-state index contributed by atoms with van der Waals surface area (Å²) in [5.41, 5.74) is 9.07. The van der Waals surface area contributed by atoms with E-state index in [4.69, 9.17) is 25.4 Å². The number of aliphatic imine (C=N–C) groups is 1. The molecule has 5 rings (SSSR count). The summed E-state index contributed by atoms with van der Waals surface area (Å²) in [6.45, 7) is 6.01. The van der Waals surface area contributed by atoms with Crippen LogP contribution < -0.4 is 22.4 Å². The van der Waals surface area contributed by atoms with Crippen molar-refractivity contribution in [3.8, 4) is 0 Å². The quantitative estimate of drug-likeness (QED) is 0.0917. The maximum absolute atomic E-state index is 12.8. The number of ether oxygens (including phenoxy) is 2. The zero-order valence-electron chi connectivity index (χ0n) is 29.2. The standard InChI is InChI=1S/C36H52N4O10/c1-20(41)49-27-18-36(47)25-8-7-22-17-23(50-30(44)11-9-28(42)40-26(32(45)46)5-4-16-39-33(37)38)12-14-34(22,2)24(25)13-15-35(36,3)31(27)21-6-10-29(43)48-19-21/h6,10,19,22-27,31,47H,4-5,7-9,11-18H2,1-3H3,(H,40,42)(H,45,46)(H4,37,38,39)/t22-,23-,24+,25-,26-,27+,31+,34-,35-,36+/m1/s1. The molecule has 14 nitrogen and oxygen atoms in total. The van der Waals surface area contributed by atoms with E-state index in [1.54, 1.807) is 6.07 Å². The van der Waals surface area contributed by atoms with Crippen LogP contribution in [0.4, 0.5) is 0 Å². The molecule has 0 aliphatic heterocycles. The molecule has 50 heavy (non-hydrogen) atoms. The first-order chi connectivity index (χ1) is 23.6. The summed E-state index contributed by atoms with van der Waals surface area (Å²) in [5, 5.41) is 24.7. The third kappa shape index (κ3) is 7.40. The van der Waals surface area contributed by atoms with Gasteiger partial charge in [0.2, 0.25) is 5.91 Å². The van der Waals surface area contributed by atoms with Crippen molar-refractivity contribution in [2.24, 2.45) is 45.0 Å². The van der Waals surface area contributed by atoms with Crippen LogP contribution in [0.1, 0.15) is 109 Å². The van der Waals surface area contributed by atoms with Crippen LogP contribution in [-0.4, -0.2) is 70.4 Å². The normalized spacial score (nSPS) is 35.0. The highest BCUT2D eigenvalue weighted by Crippen LogP contribution is 2.71. The van der Waals surface area contributed by atoms with E-state index in [0.717, 1.165) is 31.2 Å². The van der Waals surface area contributed by atoms with Gasteiger partial charge in [-0.05, 0) is 92.6 Å². The number of nitrogens with zero attached hydrogens (tertiary/aromatic N) is 1. The van der Waals surface area contributed by atoms with Crippen molar-refractivity contribution in [1.82, 2.24) is 5.32 Å². The van der Waals surface area contributed by atoms with Gasteiger partial charge >= 0.3 is 23.5 Å². The molecule has 0 bridgehead atoms. The Morgan fingerprint density at radius 2 is 1.82 bits per heavy atom. The number of hydrogen-bond donors (Lipinski definition) is 5. The number of carbonyl (C=O) groups excluding carboxylic acids is 3. The fraction of sp³-hybridized carbons (Fsp3) is 0.722. The number of esters is 2. The van der Waals surface area contributed by atoms with E-state index in [1.807, 2.05) is 0 Å². The van der Waals surface area contributed by atoms with Crippen molar-refractivity contribution in [3.05, 3.63) is 34.4 Å². The molecule has 4 aliphatic carbocycles. The van der Waals surface area contributed by atoms with Gasteiger partial charge in [-0.3, -0.25) is 19.4 Å². The van der Waals surface area contributed by atoms with Crippen LogP contribution in [0.3, 0.4) is 0 Å². The van der Waals surface area contributed by atoms with Crippen molar-refractivity contribution < 1.29 is 43.3 Å². The van der Waals surface area contributed by atoms with Crippen LogP contribution in [0.15, 0.2) is 32.6 Å². The highest BCUT2D eigenvalue weighted by Gasteiger charge is 2.70. The van der Waals surface area contributed by atoms with Crippen molar-refractivity contribution in [3.63, 3.8) is 0 Å². The largest absolute Gasteiger partial charge is 0.480 e. The van der Waals surface area contributed by atoms with Crippen LogP contribution in [0.5, 0.6) is 0 Å². The number of guanidine groups is 1. The van der Waals surface area contributed by atoms with Gasteiger partial charge in [0.05, 0.1) is 18.3 Å².